The van der Waals surface area contributed by atoms with Gasteiger partial charge in [-0.25, -0.2) is 4.79 Å². The Morgan fingerprint density at radius 2 is 1.34 bits per heavy atom. The maximum Gasteiger partial charge on any atom is 0.343 e. The van der Waals surface area contributed by atoms with Crippen molar-refractivity contribution in [1.29, 1.82) is 0 Å². The molecular formula is C28H32O4. The first-order valence-electron chi connectivity index (χ1n) is 11.2. The Bertz CT molecular complexity index is 975. The molecule has 0 heterocycles. The van der Waals surface area contributed by atoms with Gasteiger partial charge in [0.05, 0.1) is 11.7 Å². The van der Waals surface area contributed by atoms with Crippen LogP contribution < -0.4 is 9.47 Å². The number of rotatable bonds is 10. The zero-order valence-corrected chi connectivity index (χ0v) is 19.3. The number of aryl methyl sites for hydroxylation is 1. The summed E-state index contributed by atoms with van der Waals surface area (Å²) in [5.74, 6) is 1.54. The van der Waals surface area contributed by atoms with E-state index < -0.39 is 0 Å². The van der Waals surface area contributed by atoms with E-state index in [4.69, 9.17) is 14.2 Å². The summed E-state index contributed by atoms with van der Waals surface area (Å²) < 4.78 is 17.2. The fraction of sp³-hybridized carbons (Fsp3) is 0.321. The van der Waals surface area contributed by atoms with Crippen LogP contribution in [0.3, 0.4) is 0 Å². The van der Waals surface area contributed by atoms with Crippen molar-refractivity contribution >= 4 is 5.97 Å². The van der Waals surface area contributed by atoms with Crippen LogP contribution in [0.5, 0.6) is 11.5 Å². The fourth-order valence-corrected chi connectivity index (χ4v) is 3.02. The molecule has 0 N–H and O–H groups in total. The predicted octanol–water partition coefficient (Wildman–Crippen LogP) is 6.71. The molecule has 0 fully saturated rings. The molecule has 168 valence electrons. The SMILES string of the molecule is CC[C@H](C)CO[C@@H](C)COc1ccc(-c2ccc(OC(=O)c3ccc(C)cc3)cc2)cc1. The molecule has 0 aliphatic heterocycles. The van der Waals surface area contributed by atoms with Gasteiger partial charge in [0.1, 0.15) is 18.1 Å². The van der Waals surface area contributed by atoms with E-state index in [0.29, 0.717) is 23.8 Å². The number of benzene rings is 3. The maximum atomic E-state index is 12.3. The largest absolute Gasteiger partial charge is 0.491 e. The second-order valence-electron chi connectivity index (χ2n) is 8.27. The molecule has 0 spiro atoms. The lowest BCUT2D eigenvalue weighted by Crippen LogP contribution is -2.20. The van der Waals surface area contributed by atoms with Crippen LogP contribution in [0.1, 0.15) is 43.1 Å². The van der Waals surface area contributed by atoms with Gasteiger partial charge in [0.25, 0.3) is 0 Å². The summed E-state index contributed by atoms with van der Waals surface area (Å²) in [5.41, 5.74) is 3.74. The van der Waals surface area contributed by atoms with Crippen molar-refractivity contribution in [3.8, 4) is 22.6 Å². The van der Waals surface area contributed by atoms with Crippen LogP contribution in [0.25, 0.3) is 11.1 Å². The highest BCUT2D eigenvalue weighted by atomic mass is 16.5. The third-order valence-corrected chi connectivity index (χ3v) is 5.39. The van der Waals surface area contributed by atoms with Crippen LogP contribution in [0.2, 0.25) is 0 Å². The van der Waals surface area contributed by atoms with Crippen LogP contribution in [0.4, 0.5) is 0 Å². The standard InChI is InChI=1S/C28H32O4/c1-5-20(2)18-30-22(4)19-31-26-14-10-23(11-15-26)24-12-16-27(17-13-24)32-28(29)25-8-6-21(3)7-9-25/h6-17,20,22H,5,18-19H2,1-4H3/t20-,22-/m0/s1. The number of esters is 1. The number of ether oxygens (including phenoxy) is 3. The summed E-state index contributed by atoms with van der Waals surface area (Å²) >= 11 is 0. The summed E-state index contributed by atoms with van der Waals surface area (Å²) in [6, 6.07) is 22.8. The van der Waals surface area contributed by atoms with Crippen molar-refractivity contribution in [3.05, 3.63) is 83.9 Å². The monoisotopic (exact) mass is 432 g/mol. The van der Waals surface area contributed by atoms with Gasteiger partial charge in [-0.2, -0.15) is 0 Å². The average Bonchev–Trinajstić information content (AvgIpc) is 2.82. The second-order valence-corrected chi connectivity index (χ2v) is 8.27. The van der Waals surface area contributed by atoms with E-state index in [1.54, 1.807) is 12.1 Å². The molecule has 0 saturated carbocycles. The van der Waals surface area contributed by atoms with E-state index in [-0.39, 0.29) is 12.1 Å². The first-order valence-corrected chi connectivity index (χ1v) is 11.2. The molecule has 4 nitrogen and oxygen atoms in total. The smallest absolute Gasteiger partial charge is 0.343 e. The van der Waals surface area contributed by atoms with Gasteiger partial charge in [-0.3, -0.25) is 0 Å². The van der Waals surface area contributed by atoms with E-state index in [1.165, 1.54) is 0 Å². The van der Waals surface area contributed by atoms with Crippen molar-refractivity contribution in [2.45, 2.75) is 40.2 Å². The van der Waals surface area contributed by atoms with Crippen molar-refractivity contribution < 1.29 is 19.0 Å². The van der Waals surface area contributed by atoms with Gasteiger partial charge in [-0.15, -0.1) is 0 Å². The minimum Gasteiger partial charge on any atom is -0.491 e. The van der Waals surface area contributed by atoms with Gasteiger partial charge >= 0.3 is 5.97 Å². The van der Waals surface area contributed by atoms with Crippen LogP contribution in [0.15, 0.2) is 72.8 Å². The highest BCUT2D eigenvalue weighted by Crippen LogP contribution is 2.25. The lowest BCUT2D eigenvalue weighted by Gasteiger charge is -2.17. The molecule has 3 rings (SSSR count). The minimum absolute atomic E-state index is 0.0545. The first kappa shape index (κ1) is 23.6. The van der Waals surface area contributed by atoms with Crippen molar-refractivity contribution in [1.82, 2.24) is 0 Å². The Morgan fingerprint density at radius 3 is 1.91 bits per heavy atom. The lowest BCUT2D eigenvalue weighted by molar-refractivity contribution is 0.0149. The quantitative estimate of drug-likeness (QED) is 0.264. The van der Waals surface area contributed by atoms with Gasteiger partial charge in [-0.05, 0) is 67.3 Å². The normalized spacial score (nSPS) is 12.8. The zero-order valence-electron chi connectivity index (χ0n) is 19.3. The van der Waals surface area contributed by atoms with E-state index in [2.05, 4.69) is 13.8 Å². The summed E-state index contributed by atoms with van der Waals surface area (Å²) in [7, 11) is 0. The van der Waals surface area contributed by atoms with Gasteiger partial charge in [0.15, 0.2) is 0 Å². The fourth-order valence-electron chi connectivity index (χ4n) is 3.02. The molecule has 0 bridgehead atoms. The second kappa shape index (κ2) is 11.5. The molecular weight excluding hydrogens is 400 g/mol. The molecule has 0 saturated heterocycles. The van der Waals surface area contributed by atoms with Crippen molar-refractivity contribution in [2.75, 3.05) is 13.2 Å². The lowest BCUT2D eigenvalue weighted by atomic mass is 10.1. The van der Waals surface area contributed by atoms with Crippen LogP contribution >= 0.6 is 0 Å². The highest BCUT2D eigenvalue weighted by molar-refractivity contribution is 5.91. The van der Waals surface area contributed by atoms with Gasteiger partial charge < -0.3 is 14.2 Å². The maximum absolute atomic E-state index is 12.3. The molecule has 3 aromatic rings. The van der Waals surface area contributed by atoms with E-state index in [0.717, 1.165) is 35.5 Å². The molecule has 2 atom stereocenters. The molecule has 4 heteroatoms. The van der Waals surface area contributed by atoms with Gasteiger partial charge in [-0.1, -0.05) is 62.2 Å². The molecule has 0 aliphatic carbocycles. The molecule has 0 aliphatic rings. The van der Waals surface area contributed by atoms with Crippen LogP contribution in [-0.4, -0.2) is 25.3 Å². The Morgan fingerprint density at radius 1 is 0.781 bits per heavy atom. The topological polar surface area (TPSA) is 44.8 Å². The summed E-state index contributed by atoms with van der Waals surface area (Å²) in [4.78, 5) is 12.3. The molecule has 0 amide bonds. The van der Waals surface area contributed by atoms with Crippen LogP contribution in [0, 0.1) is 12.8 Å². The third kappa shape index (κ3) is 6.96. The average molecular weight is 433 g/mol. The van der Waals surface area contributed by atoms with Gasteiger partial charge in [0, 0.05) is 6.61 Å². The number of carbonyl (C=O) groups is 1. The van der Waals surface area contributed by atoms with E-state index in [9.17, 15) is 4.79 Å². The molecule has 0 unspecified atom stereocenters. The Hall–Kier alpha value is -3.11. The third-order valence-electron chi connectivity index (χ3n) is 5.39. The van der Waals surface area contributed by atoms with Crippen molar-refractivity contribution in [3.63, 3.8) is 0 Å². The molecule has 0 aromatic heterocycles. The Kier molecular flexibility index (Phi) is 8.46. The Labute approximate surface area is 191 Å². The molecule has 0 radical (unpaired) electrons. The van der Waals surface area contributed by atoms with Gasteiger partial charge in [0.2, 0.25) is 0 Å². The Balaban J connectivity index is 1.52. The van der Waals surface area contributed by atoms with E-state index in [1.807, 2.05) is 74.5 Å². The predicted molar refractivity (Wildman–Crippen MR) is 128 cm³/mol. The van der Waals surface area contributed by atoms with Crippen LogP contribution in [-0.2, 0) is 4.74 Å². The number of carbonyl (C=O) groups excluding carboxylic acids is 1. The summed E-state index contributed by atoms with van der Waals surface area (Å²) in [5, 5.41) is 0. The number of hydrogen-bond donors (Lipinski definition) is 0. The van der Waals surface area contributed by atoms with E-state index >= 15 is 0 Å². The summed E-state index contributed by atoms with van der Waals surface area (Å²) in [6.07, 6.45) is 1.17. The highest BCUT2D eigenvalue weighted by Gasteiger charge is 2.09. The number of hydrogen-bond acceptors (Lipinski definition) is 4. The molecule has 32 heavy (non-hydrogen) atoms. The minimum atomic E-state index is -0.360. The zero-order chi connectivity index (χ0) is 22.9. The first-order chi connectivity index (χ1) is 15.4. The summed E-state index contributed by atoms with van der Waals surface area (Å²) in [6.45, 7) is 9.66. The van der Waals surface area contributed by atoms with Crippen molar-refractivity contribution in [2.24, 2.45) is 5.92 Å². The molecule has 3 aromatic carbocycles.